The van der Waals surface area contributed by atoms with E-state index in [0.717, 1.165) is 11.0 Å². The fourth-order valence-electron chi connectivity index (χ4n) is 2.62. The molecule has 23 heavy (non-hydrogen) atoms. The summed E-state index contributed by atoms with van der Waals surface area (Å²) < 4.78 is 7.75. The Morgan fingerprint density at radius 1 is 1.04 bits per heavy atom. The van der Waals surface area contributed by atoms with Crippen LogP contribution in [0.25, 0.3) is 22.6 Å². The molecule has 0 bridgehead atoms. The molecule has 2 N–H and O–H groups in total. The molecule has 4 rings (SSSR count). The monoisotopic (exact) mass is 306 g/mol. The number of phenols is 2. The van der Waals surface area contributed by atoms with Gasteiger partial charge in [-0.1, -0.05) is 18.2 Å². The van der Waals surface area contributed by atoms with E-state index >= 15 is 0 Å². The second-order valence-corrected chi connectivity index (χ2v) is 5.34. The number of benzene rings is 2. The lowest BCUT2D eigenvalue weighted by Gasteiger charge is -2.08. The van der Waals surface area contributed by atoms with E-state index in [0.29, 0.717) is 23.7 Å². The van der Waals surface area contributed by atoms with Crippen molar-refractivity contribution in [1.29, 1.82) is 0 Å². The van der Waals surface area contributed by atoms with Crippen molar-refractivity contribution in [2.75, 3.05) is 0 Å². The van der Waals surface area contributed by atoms with Crippen LogP contribution in [-0.4, -0.2) is 19.8 Å². The molecule has 0 unspecified atom stereocenters. The Hall–Kier alpha value is -3.21. The number of hydrogen-bond acceptors (Lipinski definition) is 4. The summed E-state index contributed by atoms with van der Waals surface area (Å²) in [6.45, 7) is 0.429. The zero-order valence-electron chi connectivity index (χ0n) is 12.2. The first kappa shape index (κ1) is 13.5. The van der Waals surface area contributed by atoms with Crippen molar-refractivity contribution in [1.82, 2.24) is 9.55 Å². The minimum absolute atomic E-state index is 0.0365. The molecular formula is C18H14N2O3. The molecule has 0 spiro atoms. The number of furan rings is 1. The van der Waals surface area contributed by atoms with Gasteiger partial charge >= 0.3 is 0 Å². The molecule has 2 aromatic heterocycles. The standard InChI is InChI=1S/C18H14N2O3/c21-14-6-5-13(15(22)10-14)11-20-8-7-19-18(20)17-9-12-3-1-2-4-16(12)23-17/h1-10,21-22H,11H2. The lowest BCUT2D eigenvalue weighted by Crippen LogP contribution is -2.00. The van der Waals surface area contributed by atoms with Crippen molar-refractivity contribution in [3.05, 3.63) is 66.5 Å². The number of aromatic nitrogens is 2. The Morgan fingerprint density at radius 3 is 2.74 bits per heavy atom. The minimum atomic E-state index is 0.0365. The van der Waals surface area contributed by atoms with Gasteiger partial charge in [0.25, 0.3) is 0 Å². The third kappa shape index (κ3) is 2.42. The van der Waals surface area contributed by atoms with Crippen LogP contribution in [-0.2, 0) is 6.54 Å². The quantitative estimate of drug-likeness (QED) is 0.604. The number of phenolic OH excluding ortho intramolecular Hbond substituents is 2. The highest BCUT2D eigenvalue weighted by molar-refractivity contribution is 5.81. The minimum Gasteiger partial charge on any atom is -0.508 e. The molecule has 0 amide bonds. The lowest BCUT2D eigenvalue weighted by atomic mass is 10.2. The summed E-state index contributed by atoms with van der Waals surface area (Å²) in [5, 5.41) is 20.3. The summed E-state index contributed by atoms with van der Waals surface area (Å²) in [5.74, 6) is 1.45. The van der Waals surface area contributed by atoms with Crippen LogP contribution in [0.15, 0.2) is 65.3 Å². The number of para-hydroxylation sites is 1. The van der Waals surface area contributed by atoms with Crippen LogP contribution in [0, 0.1) is 0 Å². The fourth-order valence-corrected chi connectivity index (χ4v) is 2.62. The third-order valence-electron chi connectivity index (χ3n) is 3.77. The molecule has 0 saturated heterocycles. The Morgan fingerprint density at radius 2 is 1.91 bits per heavy atom. The number of nitrogens with zero attached hydrogens (tertiary/aromatic N) is 2. The average Bonchev–Trinajstić information content (AvgIpc) is 3.16. The highest BCUT2D eigenvalue weighted by Gasteiger charge is 2.13. The van der Waals surface area contributed by atoms with Crippen LogP contribution in [0.5, 0.6) is 11.5 Å². The molecule has 0 aliphatic heterocycles. The van der Waals surface area contributed by atoms with E-state index in [-0.39, 0.29) is 11.5 Å². The van der Waals surface area contributed by atoms with Crippen molar-refractivity contribution in [2.45, 2.75) is 6.54 Å². The van der Waals surface area contributed by atoms with Gasteiger partial charge in [-0.05, 0) is 24.3 Å². The smallest absolute Gasteiger partial charge is 0.176 e. The van der Waals surface area contributed by atoms with Gasteiger partial charge in [-0.3, -0.25) is 0 Å². The van der Waals surface area contributed by atoms with Crippen LogP contribution >= 0.6 is 0 Å². The van der Waals surface area contributed by atoms with Crippen LogP contribution in [0.4, 0.5) is 0 Å². The molecule has 0 fully saturated rings. The van der Waals surface area contributed by atoms with Crippen molar-refractivity contribution in [3.63, 3.8) is 0 Å². The summed E-state index contributed by atoms with van der Waals surface area (Å²) in [4.78, 5) is 4.36. The number of hydrogen-bond donors (Lipinski definition) is 2. The number of imidazole rings is 1. The van der Waals surface area contributed by atoms with Crippen molar-refractivity contribution >= 4 is 11.0 Å². The number of aromatic hydroxyl groups is 2. The molecule has 2 aromatic carbocycles. The van der Waals surface area contributed by atoms with Gasteiger partial charge in [0.15, 0.2) is 11.6 Å². The van der Waals surface area contributed by atoms with Gasteiger partial charge in [0.05, 0.1) is 6.54 Å². The average molecular weight is 306 g/mol. The van der Waals surface area contributed by atoms with E-state index in [4.69, 9.17) is 4.42 Å². The predicted octanol–water partition coefficient (Wildman–Crippen LogP) is 3.76. The molecular weight excluding hydrogens is 292 g/mol. The van der Waals surface area contributed by atoms with Crippen LogP contribution < -0.4 is 0 Å². The Kier molecular flexibility index (Phi) is 3.05. The molecule has 0 aliphatic carbocycles. The summed E-state index contributed by atoms with van der Waals surface area (Å²) in [5.41, 5.74) is 1.50. The SMILES string of the molecule is Oc1ccc(Cn2ccnc2-c2cc3ccccc3o2)c(O)c1. The van der Waals surface area contributed by atoms with Crippen molar-refractivity contribution in [2.24, 2.45) is 0 Å². The molecule has 114 valence electrons. The lowest BCUT2D eigenvalue weighted by molar-refractivity contribution is 0.444. The van der Waals surface area contributed by atoms with Gasteiger partial charge < -0.3 is 19.2 Å². The highest BCUT2D eigenvalue weighted by atomic mass is 16.3. The molecule has 4 aromatic rings. The first-order chi connectivity index (χ1) is 11.2. The number of fused-ring (bicyclic) bond motifs is 1. The highest BCUT2D eigenvalue weighted by Crippen LogP contribution is 2.28. The Bertz CT molecular complexity index is 952. The zero-order valence-corrected chi connectivity index (χ0v) is 12.2. The molecule has 0 atom stereocenters. The van der Waals surface area contributed by atoms with E-state index in [9.17, 15) is 10.2 Å². The van der Waals surface area contributed by atoms with Gasteiger partial charge in [0.2, 0.25) is 0 Å². The first-order valence-corrected chi connectivity index (χ1v) is 7.21. The van der Waals surface area contributed by atoms with Crippen LogP contribution in [0.2, 0.25) is 0 Å². The number of rotatable bonds is 3. The maximum Gasteiger partial charge on any atom is 0.176 e. The van der Waals surface area contributed by atoms with E-state index in [1.165, 1.54) is 6.07 Å². The van der Waals surface area contributed by atoms with Gasteiger partial charge in [0, 0.05) is 29.4 Å². The predicted molar refractivity (Wildman–Crippen MR) is 86.3 cm³/mol. The Balaban J connectivity index is 1.73. The Labute approximate surface area is 132 Å². The molecule has 5 nitrogen and oxygen atoms in total. The molecule has 5 heteroatoms. The summed E-state index contributed by atoms with van der Waals surface area (Å²) in [6.07, 6.45) is 3.52. The maximum atomic E-state index is 9.95. The van der Waals surface area contributed by atoms with Crippen LogP contribution in [0.3, 0.4) is 0 Å². The molecule has 0 radical (unpaired) electrons. The van der Waals surface area contributed by atoms with Gasteiger partial charge in [-0.25, -0.2) is 4.98 Å². The maximum absolute atomic E-state index is 9.95. The topological polar surface area (TPSA) is 71.4 Å². The third-order valence-corrected chi connectivity index (χ3v) is 3.77. The normalized spacial score (nSPS) is 11.1. The van der Waals surface area contributed by atoms with Gasteiger partial charge in [-0.15, -0.1) is 0 Å². The van der Waals surface area contributed by atoms with Crippen molar-refractivity contribution in [3.8, 4) is 23.1 Å². The fraction of sp³-hybridized carbons (Fsp3) is 0.0556. The van der Waals surface area contributed by atoms with Crippen molar-refractivity contribution < 1.29 is 14.6 Å². The van der Waals surface area contributed by atoms with E-state index in [1.807, 2.05) is 41.1 Å². The first-order valence-electron chi connectivity index (χ1n) is 7.21. The molecule has 2 heterocycles. The van der Waals surface area contributed by atoms with Gasteiger partial charge in [0.1, 0.15) is 17.1 Å². The summed E-state index contributed by atoms with van der Waals surface area (Å²) >= 11 is 0. The molecule has 0 saturated carbocycles. The summed E-state index contributed by atoms with van der Waals surface area (Å²) in [7, 11) is 0. The van der Waals surface area contributed by atoms with Crippen LogP contribution in [0.1, 0.15) is 5.56 Å². The largest absolute Gasteiger partial charge is 0.508 e. The second kappa shape index (κ2) is 5.21. The summed E-state index contributed by atoms with van der Waals surface area (Å²) in [6, 6.07) is 14.3. The second-order valence-electron chi connectivity index (χ2n) is 5.34. The van der Waals surface area contributed by atoms with E-state index < -0.39 is 0 Å². The van der Waals surface area contributed by atoms with Gasteiger partial charge in [-0.2, -0.15) is 0 Å². The molecule has 0 aliphatic rings. The van der Waals surface area contributed by atoms with E-state index in [2.05, 4.69) is 4.98 Å². The van der Waals surface area contributed by atoms with E-state index in [1.54, 1.807) is 18.3 Å². The zero-order chi connectivity index (χ0) is 15.8.